The van der Waals surface area contributed by atoms with Crippen LogP contribution in [0, 0.1) is 6.92 Å². The number of aliphatic carboxylic acids is 1. The number of carboxylic acids is 1. The highest BCUT2D eigenvalue weighted by atomic mass is 16.4. The molecular weight excluding hydrogens is 276 g/mol. The third-order valence-electron chi connectivity index (χ3n) is 4.73. The Balaban J connectivity index is 1.90. The summed E-state index contributed by atoms with van der Waals surface area (Å²) in [7, 11) is 0. The second-order valence-corrected chi connectivity index (χ2v) is 6.42. The van der Waals surface area contributed by atoms with Crippen molar-refractivity contribution in [3.05, 3.63) is 35.5 Å². The number of nitrogens with zero attached hydrogens (tertiary/aromatic N) is 2. The summed E-state index contributed by atoms with van der Waals surface area (Å²) in [6, 6.07) is 5.90. The first-order valence-electron chi connectivity index (χ1n) is 8.11. The van der Waals surface area contributed by atoms with Crippen LogP contribution in [0.5, 0.6) is 0 Å². The number of hydrogen-bond acceptors (Lipinski definition) is 2. The third kappa shape index (κ3) is 2.88. The van der Waals surface area contributed by atoms with Crippen molar-refractivity contribution in [2.24, 2.45) is 0 Å². The molecule has 1 aliphatic heterocycles. The predicted molar refractivity (Wildman–Crippen MR) is 88.1 cm³/mol. The average molecular weight is 300 g/mol. The molecule has 1 unspecified atom stereocenters. The van der Waals surface area contributed by atoms with Gasteiger partial charge in [0.1, 0.15) is 6.04 Å². The van der Waals surface area contributed by atoms with Gasteiger partial charge in [-0.25, -0.2) is 4.79 Å². The summed E-state index contributed by atoms with van der Waals surface area (Å²) in [5, 5.41) is 10.4. The number of aryl methyl sites for hydroxylation is 1. The first-order valence-corrected chi connectivity index (χ1v) is 8.11. The monoisotopic (exact) mass is 300 g/mol. The van der Waals surface area contributed by atoms with Crippen molar-refractivity contribution < 1.29 is 9.90 Å². The van der Waals surface area contributed by atoms with Gasteiger partial charge in [0.25, 0.3) is 0 Å². The normalized spacial score (nSPS) is 17.7. The second kappa shape index (κ2) is 6.13. The number of benzene rings is 1. The number of piperidine rings is 1. The molecule has 2 heterocycles. The van der Waals surface area contributed by atoms with Crippen LogP contribution in [0.4, 0.5) is 0 Å². The Labute approximate surface area is 131 Å². The van der Waals surface area contributed by atoms with E-state index in [1.54, 1.807) is 6.92 Å². The fraction of sp³-hybridized carbons (Fsp3) is 0.500. The van der Waals surface area contributed by atoms with Gasteiger partial charge in [-0.2, -0.15) is 0 Å². The number of hydrogen-bond donors (Lipinski definition) is 1. The lowest BCUT2D eigenvalue weighted by molar-refractivity contribution is -0.140. The van der Waals surface area contributed by atoms with Crippen LogP contribution in [0.1, 0.15) is 43.4 Å². The molecule has 2 aromatic rings. The van der Waals surface area contributed by atoms with Gasteiger partial charge in [-0.15, -0.1) is 0 Å². The Bertz CT molecular complexity index is 684. The molecular formula is C18H24N2O2. The van der Waals surface area contributed by atoms with Gasteiger partial charge in [0.2, 0.25) is 0 Å². The summed E-state index contributed by atoms with van der Waals surface area (Å²) in [4.78, 5) is 13.8. The van der Waals surface area contributed by atoms with Crippen molar-refractivity contribution in [3.63, 3.8) is 0 Å². The molecule has 118 valence electrons. The summed E-state index contributed by atoms with van der Waals surface area (Å²) in [6.07, 6.45) is 5.90. The standard InChI is InChI=1S/C18H24N2O2/c1-13-11-20(14(2)18(21)22)17-7-6-15(10-16(13)17)12-19-8-4-3-5-9-19/h6-7,10-11,14H,3-5,8-9,12H2,1-2H3,(H,21,22). The lowest BCUT2D eigenvalue weighted by Crippen LogP contribution is -2.29. The maximum atomic E-state index is 11.3. The molecule has 1 saturated heterocycles. The Kier molecular flexibility index (Phi) is 4.21. The minimum absolute atomic E-state index is 0.538. The van der Waals surface area contributed by atoms with Gasteiger partial charge in [0, 0.05) is 23.6 Å². The van der Waals surface area contributed by atoms with Gasteiger partial charge in [0.05, 0.1) is 0 Å². The van der Waals surface area contributed by atoms with Gasteiger partial charge in [-0.05, 0) is 63.0 Å². The van der Waals surface area contributed by atoms with Crippen LogP contribution in [0.15, 0.2) is 24.4 Å². The van der Waals surface area contributed by atoms with E-state index in [2.05, 4.69) is 30.0 Å². The summed E-state index contributed by atoms with van der Waals surface area (Å²) in [6.45, 7) is 7.15. The maximum Gasteiger partial charge on any atom is 0.326 e. The van der Waals surface area contributed by atoms with E-state index in [9.17, 15) is 9.90 Å². The fourth-order valence-corrected chi connectivity index (χ4v) is 3.39. The van der Waals surface area contributed by atoms with Gasteiger partial charge >= 0.3 is 5.97 Å². The molecule has 1 atom stereocenters. The quantitative estimate of drug-likeness (QED) is 0.938. The summed E-state index contributed by atoms with van der Waals surface area (Å²) in [5.41, 5.74) is 3.47. The molecule has 0 amide bonds. The van der Waals surface area contributed by atoms with Crippen LogP contribution in [0.2, 0.25) is 0 Å². The van der Waals surface area contributed by atoms with Gasteiger partial charge in [-0.3, -0.25) is 4.90 Å². The number of rotatable bonds is 4. The minimum atomic E-state index is -0.797. The molecule has 1 aromatic carbocycles. The van der Waals surface area contributed by atoms with Crippen LogP contribution in [-0.2, 0) is 11.3 Å². The number of aromatic nitrogens is 1. The fourth-order valence-electron chi connectivity index (χ4n) is 3.39. The molecule has 1 aliphatic rings. The highest BCUT2D eigenvalue weighted by Crippen LogP contribution is 2.26. The number of carboxylic acid groups (broad SMARTS) is 1. The Morgan fingerprint density at radius 3 is 2.68 bits per heavy atom. The van der Waals surface area contributed by atoms with Crippen molar-refractivity contribution >= 4 is 16.9 Å². The van der Waals surface area contributed by atoms with E-state index in [1.165, 1.54) is 43.3 Å². The second-order valence-electron chi connectivity index (χ2n) is 6.42. The van der Waals surface area contributed by atoms with E-state index in [-0.39, 0.29) is 0 Å². The molecule has 0 radical (unpaired) electrons. The highest BCUT2D eigenvalue weighted by molar-refractivity contribution is 5.86. The molecule has 1 aromatic heterocycles. The predicted octanol–water partition coefficient (Wildman–Crippen LogP) is 3.58. The minimum Gasteiger partial charge on any atom is -0.480 e. The van der Waals surface area contributed by atoms with Crippen LogP contribution in [-0.4, -0.2) is 33.6 Å². The van der Waals surface area contributed by atoms with E-state index >= 15 is 0 Å². The van der Waals surface area contributed by atoms with Crippen LogP contribution in [0.3, 0.4) is 0 Å². The van der Waals surface area contributed by atoms with E-state index in [0.29, 0.717) is 0 Å². The van der Waals surface area contributed by atoms with Crippen molar-refractivity contribution in [2.75, 3.05) is 13.1 Å². The van der Waals surface area contributed by atoms with E-state index < -0.39 is 12.0 Å². The first-order chi connectivity index (χ1) is 10.6. The highest BCUT2D eigenvalue weighted by Gasteiger charge is 2.17. The SMILES string of the molecule is Cc1cn(C(C)C(=O)O)c2ccc(CN3CCCCC3)cc12. The molecule has 0 bridgehead atoms. The van der Waals surface area contributed by atoms with E-state index in [4.69, 9.17) is 0 Å². The molecule has 0 spiro atoms. The summed E-state index contributed by atoms with van der Waals surface area (Å²) >= 11 is 0. The van der Waals surface area contributed by atoms with Gasteiger partial charge < -0.3 is 9.67 Å². The molecule has 0 saturated carbocycles. The molecule has 4 nitrogen and oxygen atoms in total. The zero-order valence-electron chi connectivity index (χ0n) is 13.4. The summed E-state index contributed by atoms with van der Waals surface area (Å²) < 4.78 is 1.86. The third-order valence-corrected chi connectivity index (χ3v) is 4.73. The Hall–Kier alpha value is -1.81. The van der Waals surface area contributed by atoms with Crippen molar-refractivity contribution in [2.45, 2.75) is 45.7 Å². The molecule has 3 rings (SSSR count). The summed E-state index contributed by atoms with van der Waals surface area (Å²) in [5.74, 6) is -0.797. The van der Waals surface area contributed by atoms with E-state index in [0.717, 1.165) is 17.6 Å². The molecule has 1 fully saturated rings. The van der Waals surface area contributed by atoms with Gasteiger partial charge in [0.15, 0.2) is 0 Å². The van der Waals surface area contributed by atoms with Crippen LogP contribution >= 0.6 is 0 Å². The van der Waals surface area contributed by atoms with Crippen molar-refractivity contribution in [1.82, 2.24) is 9.47 Å². The van der Waals surface area contributed by atoms with Crippen molar-refractivity contribution in [1.29, 1.82) is 0 Å². The molecule has 22 heavy (non-hydrogen) atoms. The average Bonchev–Trinajstić information content (AvgIpc) is 2.84. The van der Waals surface area contributed by atoms with E-state index in [1.807, 2.05) is 10.8 Å². The largest absolute Gasteiger partial charge is 0.480 e. The van der Waals surface area contributed by atoms with Gasteiger partial charge in [-0.1, -0.05) is 12.5 Å². The topological polar surface area (TPSA) is 45.5 Å². The smallest absolute Gasteiger partial charge is 0.326 e. The zero-order chi connectivity index (χ0) is 15.7. The number of carbonyl (C=O) groups is 1. The zero-order valence-corrected chi connectivity index (χ0v) is 13.4. The molecule has 0 aliphatic carbocycles. The number of likely N-dealkylation sites (tertiary alicyclic amines) is 1. The van der Waals surface area contributed by atoms with Crippen LogP contribution < -0.4 is 0 Å². The molecule has 1 N–H and O–H groups in total. The Morgan fingerprint density at radius 2 is 2.00 bits per heavy atom. The Morgan fingerprint density at radius 1 is 1.27 bits per heavy atom. The number of fused-ring (bicyclic) bond motifs is 1. The molecule has 4 heteroatoms. The van der Waals surface area contributed by atoms with Crippen molar-refractivity contribution in [3.8, 4) is 0 Å². The maximum absolute atomic E-state index is 11.3. The van der Waals surface area contributed by atoms with Crippen LogP contribution in [0.25, 0.3) is 10.9 Å². The first kappa shape index (κ1) is 15.1. The lowest BCUT2D eigenvalue weighted by atomic mass is 10.1. The lowest BCUT2D eigenvalue weighted by Gasteiger charge is -2.26.